The first-order chi connectivity index (χ1) is 18.3. The topological polar surface area (TPSA) is 84.2 Å². The highest BCUT2D eigenvalue weighted by Crippen LogP contribution is 2.41. The maximum absolute atomic E-state index is 13.2. The van der Waals surface area contributed by atoms with E-state index in [4.69, 9.17) is 0 Å². The molecule has 1 spiro atoms. The van der Waals surface area contributed by atoms with Crippen molar-refractivity contribution in [3.63, 3.8) is 0 Å². The largest absolute Gasteiger partial charge is 0.348 e. The van der Waals surface area contributed by atoms with Gasteiger partial charge in [0.15, 0.2) is 0 Å². The molecule has 2 aliphatic rings. The fourth-order valence-corrected chi connectivity index (χ4v) is 6.08. The molecule has 2 fully saturated rings. The number of carbonyl (C=O) groups excluding carboxylic acids is 1. The van der Waals surface area contributed by atoms with Crippen molar-refractivity contribution in [1.29, 1.82) is 0 Å². The minimum atomic E-state index is 0.268. The average molecular weight is 518 g/mol. The van der Waals surface area contributed by atoms with Crippen LogP contribution in [0, 0.1) is 10.8 Å². The number of hydrogen-bond donors (Lipinski definition) is 2. The third kappa shape index (κ3) is 7.11. The summed E-state index contributed by atoms with van der Waals surface area (Å²) in [5, 5.41) is 0. The maximum atomic E-state index is 13.2. The maximum Gasteiger partial charge on any atom is 0.227 e. The number of amides is 1. The zero-order valence-electron chi connectivity index (χ0n) is 23.2. The van der Waals surface area contributed by atoms with Crippen LogP contribution >= 0.6 is 0 Å². The molecule has 8 heteroatoms. The molecule has 0 aliphatic carbocycles. The van der Waals surface area contributed by atoms with Crippen molar-refractivity contribution in [2.45, 2.75) is 66.1 Å². The first-order valence-corrected chi connectivity index (χ1v) is 14.0. The summed E-state index contributed by atoms with van der Waals surface area (Å²) < 4.78 is 0. The molecule has 2 saturated heterocycles. The third-order valence-electron chi connectivity index (χ3n) is 8.05. The lowest BCUT2D eigenvalue weighted by molar-refractivity contribution is -0.130. The van der Waals surface area contributed by atoms with Crippen molar-refractivity contribution < 1.29 is 4.79 Å². The normalized spacial score (nSPS) is 18.1. The van der Waals surface area contributed by atoms with E-state index in [9.17, 15) is 4.79 Å². The van der Waals surface area contributed by atoms with E-state index in [-0.39, 0.29) is 5.91 Å². The number of nitrogens with one attached hydrogen (secondary N) is 2. The summed E-state index contributed by atoms with van der Waals surface area (Å²) in [6.07, 6.45) is 11.3. The van der Waals surface area contributed by atoms with Gasteiger partial charge in [0.2, 0.25) is 5.91 Å². The molecule has 1 amide bonds. The van der Waals surface area contributed by atoms with Crippen LogP contribution in [0.1, 0.15) is 62.8 Å². The molecule has 0 radical (unpaired) electrons. The number of hydrogen-bond acceptors (Lipinski definition) is 5. The van der Waals surface area contributed by atoms with Crippen LogP contribution in [-0.2, 0) is 30.8 Å². The summed E-state index contributed by atoms with van der Waals surface area (Å²) in [5.74, 6) is 2.13. The summed E-state index contributed by atoms with van der Waals surface area (Å²) in [6, 6.07) is 8.52. The second kappa shape index (κ2) is 11.4. The third-order valence-corrected chi connectivity index (χ3v) is 8.05. The molecule has 0 saturated carbocycles. The van der Waals surface area contributed by atoms with Gasteiger partial charge in [-0.2, -0.15) is 0 Å². The van der Waals surface area contributed by atoms with E-state index >= 15 is 0 Å². The van der Waals surface area contributed by atoms with E-state index in [2.05, 4.69) is 79.7 Å². The van der Waals surface area contributed by atoms with Crippen LogP contribution in [0.15, 0.2) is 49.1 Å². The average Bonchev–Trinajstić information content (AvgIpc) is 3.65. The summed E-state index contributed by atoms with van der Waals surface area (Å²) >= 11 is 0. The molecular weight excluding hydrogens is 474 g/mol. The fourth-order valence-electron chi connectivity index (χ4n) is 6.08. The van der Waals surface area contributed by atoms with Crippen molar-refractivity contribution in [2.75, 3.05) is 32.7 Å². The molecular formula is C30H43N7O. The van der Waals surface area contributed by atoms with E-state index in [1.54, 1.807) is 12.4 Å². The van der Waals surface area contributed by atoms with Gasteiger partial charge in [0.05, 0.1) is 19.5 Å². The number of carbonyl (C=O) groups is 1. The number of aromatic nitrogens is 4. The Labute approximate surface area is 226 Å². The molecule has 4 heterocycles. The monoisotopic (exact) mass is 517 g/mol. The van der Waals surface area contributed by atoms with Gasteiger partial charge in [0, 0.05) is 51.0 Å². The molecule has 0 atom stereocenters. The second-order valence-electron chi connectivity index (χ2n) is 12.6. The van der Waals surface area contributed by atoms with E-state index in [0.717, 1.165) is 62.9 Å². The summed E-state index contributed by atoms with van der Waals surface area (Å²) in [5.41, 5.74) is 2.97. The van der Waals surface area contributed by atoms with E-state index < -0.39 is 0 Å². The highest BCUT2D eigenvalue weighted by Gasteiger charge is 2.42. The van der Waals surface area contributed by atoms with Gasteiger partial charge < -0.3 is 19.8 Å². The smallest absolute Gasteiger partial charge is 0.227 e. The quantitative estimate of drug-likeness (QED) is 0.444. The molecule has 2 aliphatic heterocycles. The predicted octanol–water partition coefficient (Wildman–Crippen LogP) is 4.24. The Bertz CT molecular complexity index is 1100. The minimum absolute atomic E-state index is 0.268. The van der Waals surface area contributed by atoms with Crippen molar-refractivity contribution >= 4 is 5.91 Å². The molecule has 8 nitrogen and oxygen atoms in total. The lowest BCUT2D eigenvalue weighted by Gasteiger charge is -2.41. The summed E-state index contributed by atoms with van der Waals surface area (Å²) in [7, 11) is 0. The van der Waals surface area contributed by atoms with E-state index in [1.807, 2.05) is 12.4 Å². The Balaban J connectivity index is 1.13. The molecule has 0 bridgehead atoms. The standard InChI is InChI=1S/C30H43N7O/c1-29(2,3)22-35-15-8-30(9-16-35)10-17-37(23-30)28(38)18-24-4-6-25(7-5-24)19-36(20-26-31-11-12-32-26)21-27-33-13-14-34-27/h4-7,11-14H,8-10,15-23H2,1-3H3,(H,31,32)(H,33,34). The van der Waals surface area contributed by atoms with Gasteiger partial charge in [-0.3, -0.25) is 9.69 Å². The van der Waals surface area contributed by atoms with Crippen molar-refractivity contribution in [2.24, 2.45) is 10.8 Å². The Morgan fingerprint density at radius 1 is 0.895 bits per heavy atom. The van der Waals surface area contributed by atoms with Crippen LogP contribution in [0.25, 0.3) is 0 Å². The number of nitrogens with zero attached hydrogens (tertiary/aromatic N) is 5. The number of imidazole rings is 2. The zero-order chi connectivity index (χ0) is 26.6. The minimum Gasteiger partial charge on any atom is -0.348 e. The predicted molar refractivity (Wildman–Crippen MR) is 149 cm³/mol. The molecule has 2 aromatic heterocycles. The van der Waals surface area contributed by atoms with E-state index in [1.165, 1.54) is 18.4 Å². The van der Waals surface area contributed by atoms with Gasteiger partial charge in [-0.15, -0.1) is 0 Å². The van der Waals surface area contributed by atoms with E-state index in [0.29, 0.717) is 30.3 Å². The Morgan fingerprint density at radius 3 is 2.03 bits per heavy atom. The molecule has 1 aromatic carbocycles. The Morgan fingerprint density at radius 2 is 1.47 bits per heavy atom. The van der Waals surface area contributed by atoms with Gasteiger partial charge in [-0.25, -0.2) is 9.97 Å². The number of piperidine rings is 1. The zero-order valence-corrected chi connectivity index (χ0v) is 23.2. The van der Waals surface area contributed by atoms with Crippen molar-refractivity contribution in [3.05, 3.63) is 71.8 Å². The molecule has 3 aromatic rings. The van der Waals surface area contributed by atoms with Gasteiger partial charge in [0.25, 0.3) is 0 Å². The first kappa shape index (κ1) is 26.6. The van der Waals surface area contributed by atoms with Crippen molar-refractivity contribution in [3.8, 4) is 0 Å². The molecule has 0 unspecified atom stereocenters. The summed E-state index contributed by atoms with van der Waals surface area (Å²) in [4.78, 5) is 35.4. The number of likely N-dealkylation sites (tertiary alicyclic amines) is 2. The Kier molecular flexibility index (Phi) is 8.00. The fraction of sp³-hybridized carbons (Fsp3) is 0.567. The number of aromatic amines is 2. The molecule has 2 N–H and O–H groups in total. The van der Waals surface area contributed by atoms with Crippen LogP contribution in [0.2, 0.25) is 0 Å². The molecule has 38 heavy (non-hydrogen) atoms. The SMILES string of the molecule is CC(C)(C)CN1CCC2(CC1)CCN(C(=O)Cc1ccc(CN(Cc3ncc[nH]3)Cc3ncc[nH]3)cc1)C2. The van der Waals surface area contributed by atoms with Crippen LogP contribution in [0.4, 0.5) is 0 Å². The number of benzene rings is 1. The summed E-state index contributed by atoms with van der Waals surface area (Å²) in [6.45, 7) is 14.5. The Hall–Kier alpha value is -2.97. The lowest BCUT2D eigenvalue weighted by Crippen LogP contribution is -2.44. The number of rotatable bonds is 9. The highest BCUT2D eigenvalue weighted by molar-refractivity contribution is 5.79. The second-order valence-corrected chi connectivity index (χ2v) is 12.6. The van der Waals surface area contributed by atoms with Crippen LogP contribution < -0.4 is 0 Å². The highest BCUT2D eigenvalue weighted by atomic mass is 16.2. The first-order valence-electron chi connectivity index (χ1n) is 14.0. The van der Waals surface area contributed by atoms with Gasteiger partial charge >= 0.3 is 0 Å². The van der Waals surface area contributed by atoms with Crippen LogP contribution in [0.3, 0.4) is 0 Å². The van der Waals surface area contributed by atoms with Gasteiger partial charge in [-0.05, 0) is 54.3 Å². The molecule has 204 valence electrons. The van der Waals surface area contributed by atoms with Crippen LogP contribution in [-0.4, -0.2) is 73.3 Å². The van der Waals surface area contributed by atoms with Crippen molar-refractivity contribution in [1.82, 2.24) is 34.6 Å². The lowest BCUT2D eigenvalue weighted by atomic mass is 9.77. The van der Waals surface area contributed by atoms with Gasteiger partial charge in [0.1, 0.15) is 11.6 Å². The van der Waals surface area contributed by atoms with Crippen LogP contribution in [0.5, 0.6) is 0 Å². The number of H-pyrrole nitrogens is 2. The van der Waals surface area contributed by atoms with Gasteiger partial charge in [-0.1, -0.05) is 45.0 Å². The molecule has 5 rings (SSSR count).